The first-order chi connectivity index (χ1) is 17.3. The van der Waals surface area contributed by atoms with Crippen LogP contribution in [-0.2, 0) is 44.7 Å². The molecule has 0 amide bonds. The summed E-state index contributed by atoms with van der Waals surface area (Å²) in [5.41, 5.74) is 7.67. The van der Waals surface area contributed by atoms with Crippen molar-refractivity contribution in [3.05, 3.63) is 96.1 Å². The summed E-state index contributed by atoms with van der Waals surface area (Å²) in [7, 11) is 8.01. The van der Waals surface area contributed by atoms with Gasteiger partial charge >= 0.3 is 19.5 Å². The first-order valence-corrected chi connectivity index (χ1v) is 12.4. The molecule has 0 bridgehead atoms. The summed E-state index contributed by atoms with van der Waals surface area (Å²) < 4.78 is 0. The summed E-state index contributed by atoms with van der Waals surface area (Å²) in [5.74, 6) is 0. The van der Waals surface area contributed by atoms with Crippen molar-refractivity contribution in [1.82, 2.24) is 0 Å². The molecular formula is C30H28N4S2Zn. The summed E-state index contributed by atoms with van der Waals surface area (Å²) in [6, 6.07) is 28.2. The van der Waals surface area contributed by atoms with Gasteiger partial charge in [0.15, 0.2) is 0 Å². The van der Waals surface area contributed by atoms with E-state index < -0.39 is 0 Å². The Morgan fingerprint density at radius 1 is 0.568 bits per heavy atom. The number of benzene rings is 4. The molecule has 0 saturated carbocycles. The second kappa shape index (κ2) is 12.9. The van der Waals surface area contributed by atoms with E-state index in [1.165, 1.54) is 0 Å². The van der Waals surface area contributed by atoms with Crippen LogP contribution >= 0.6 is 0 Å². The van der Waals surface area contributed by atoms with E-state index in [1.807, 2.05) is 123 Å². The first kappa shape index (κ1) is 28.5. The van der Waals surface area contributed by atoms with Gasteiger partial charge in [-0.25, -0.2) is 0 Å². The Kier molecular flexibility index (Phi) is 9.93. The minimum atomic E-state index is 0. The largest absolute Gasteiger partial charge is 2.00 e. The Labute approximate surface area is 243 Å². The Hall–Kier alpha value is -3.12. The third-order valence-corrected chi connectivity index (χ3v) is 6.52. The van der Waals surface area contributed by atoms with Gasteiger partial charge in [0.1, 0.15) is 0 Å². The molecule has 0 atom stereocenters. The number of hydrogen-bond donors (Lipinski definition) is 0. The Morgan fingerprint density at radius 2 is 0.946 bits per heavy atom. The molecule has 0 aromatic heterocycles. The van der Waals surface area contributed by atoms with Crippen LogP contribution in [0.15, 0.2) is 105 Å². The molecule has 182 valence electrons. The molecule has 4 rings (SSSR count). The molecule has 0 unspecified atom stereocenters. The Bertz CT molecular complexity index is 1320. The second-order valence-electron chi connectivity index (χ2n) is 8.78. The SMILES string of the molecule is CN(C)c1ccc(C=Nc2ccccc2-c2ccccc2N=Cc2ccc(N(C)C)cc2[S-])c([S-])c1.[Zn+2]. The summed E-state index contributed by atoms with van der Waals surface area (Å²) >= 11 is 11.2. The first-order valence-electron chi connectivity index (χ1n) is 11.6. The zero-order chi connectivity index (χ0) is 25.7. The van der Waals surface area contributed by atoms with Crippen LogP contribution in [0.2, 0.25) is 0 Å². The topological polar surface area (TPSA) is 31.2 Å². The van der Waals surface area contributed by atoms with E-state index in [4.69, 9.17) is 35.2 Å². The fourth-order valence-corrected chi connectivity index (χ4v) is 4.20. The normalized spacial score (nSPS) is 11.0. The molecule has 4 aromatic carbocycles. The van der Waals surface area contributed by atoms with Gasteiger partial charge in [-0.2, -0.15) is 9.79 Å². The zero-order valence-corrected chi connectivity index (χ0v) is 26.2. The molecule has 0 heterocycles. The predicted octanol–water partition coefficient (Wildman–Crippen LogP) is 6.80. The molecule has 0 aliphatic carbocycles. The van der Waals surface area contributed by atoms with Gasteiger partial charge in [-0.1, -0.05) is 60.7 Å². The molecule has 0 N–H and O–H groups in total. The van der Waals surface area contributed by atoms with Crippen molar-refractivity contribution in [2.45, 2.75) is 9.79 Å². The average molecular weight is 574 g/mol. The molecule has 0 radical (unpaired) electrons. The van der Waals surface area contributed by atoms with Gasteiger partial charge in [0.2, 0.25) is 0 Å². The zero-order valence-electron chi connectivity index (χ0n) is 21.6. The quantitative estimate of drug-likeness (QED) is 0.138. The predicted molar refractivity (Wildman–Crippen MR) is 159 cm³/mol. The van der Waals surface area contributed by atoms with E-state index in [0.717, 1.165) is 54.8 Å². The molecule has 4 nitrogen and oxygen atoms in total. The van der Waals surface area contributed by atoms with Crippen LogP contribution in [-0.4, -0.2) is 40.6 Å². The van der Waals surface area contributed by atoms with E-state index in [2.05, 4.69) is 12.1 Å². The van der Waals surface area contributed by atoms with Gasteiger partial charge in [0.05, 0.1) is 11.4 Å². The third-order valence-electron chi connectivity index (χ3n) is 5.81. The fraction of sp³-hybridized carbons (Fsp3) is 0.133. The summed E-state index contributed by atoms with van der Waals surface area (Å²) in [6.45, 7) is 0. The van der Waals surface area contributed by atoms with Gasteiger partial charge < -0.3 is 35.1 Å². The van der Waals surface area contributed by atoms with Crippen LogP contribution < -0.4 is 9.80 Å². The van der Waals surface area contributed by atoms with Crippen LogP contribution in [0.3, 0.4) is 0 Å². The minimum absolute atomic E-state index is 0. The van der Waals surface area contributed by atoms with Gasteiger partial charge in [0, 0.05) is 63.1 Å². The second-order valence-corrected chi connectivity index (χ2v) is 9.66. The van der Waals surface area contributed by atoms with Crippen molar-refractivity contribution in [2.75, 3.05) is 38.0 Å². The van der Waals surface area contributed by atoms with Crippen LogP contribution in [0.5, 0.6) is 0 Å². The van der Waals surface area contributed by atoms with Crippen LogP contribution in [0, 0.1) is 0 Å². The molecule has 0 saturated heterocycles. The van der Waals surface area contributed by atoms with Gasteiger partial charge in [-0.3, -0.25) is 9.98 Å². The van der Waals surface area contributed by atoms with Crippen molar-refractivity contribution in [2.24, 2.45) is 9.98 Å². The minimum Gasteiger partial charge on any atom is -0.779 e. The molecule has 0 fully saturated rings. The van der Waals surface area contributed by atoms with E-state index in [-0.39, 0.29) is 19.5 Å². The Morgan fingerprint density at radius 3 is 1.30 bits per heavy atom. The standard InChI is InChI=1S/C30H30N4S2.Zn/c1-33(2)23-15-13-21(29(35)17-23)19-31-27-11-7-5-9-25(27)26-10-6-8-12-28(26)32-20-22-14-16-24(34(3)4)18-30(22)36;/h5-20,35-36H,1-4H3;/q;+2/p-2. The summed E-state index contributed by atoms with van der Waals surface area (Å²) in [4.78, 5) is 15.2. The maximum absolute atomic E-state index is 5.59. The van der Waals surface area contributed by atoms with E-state index in [9.17, 15) is 0 Å². The van der Waals surface area contributed by atoms with Gasteiger partial charge in [-0.05, 0) is 35.4 Å². The van der Waals surface area contributed by atoms with E-state index >= 15 is 0 Å². The van der Waals surface area contributed by atoms with Crippen LogP contribution in [0.25, 0.3) is 11.1 Å². The van der Waals surface area contributed by atoms with E-state index in [0.29, 0.717) is 0 Å². The van der Waals surface area contributed by atoms with Gasteiger partial charge in [0.25, 0.3) is 0 Å². The maximum Gasteiger partial charge on any atom is 2.00 e. The van der Waals surface area contributed by atoms with E-state index in [1.54, 1.807) is 0 Å². The number of anilines is 2. The van der Waals surface area contributed by atoms with Crippen molar-refractivity contribution < 1.29 is 19.5 Å². The number of rotatable bonds is 7. The number of nitrogens with zero attached hydrogens (tertiary/aromatic N) is 4. The molecular weight excluding hydrogens is 546 g/mol. The molecule has 4 aromatic rings. The fourth-order valence-electron chi connectivity index (χ4n) is 3.72. The van der Waals surface area contributed by atoms with Crippen molar-refractivity contribution in [1.29, 1.82) is 0 Å². The molecule has 0 aliphatic heterocycles. The number of aliphatic imine (C=N–C) groups is 2. The number of para-hydroxylation sites is 2. The van der Waals surface area contributed by atoms with Gasteiger partial charge in [-0.15, -0.1) is 0 Å². The van der Waals surface area contributed by atoms with Crippen LogP contribution in [0.4, 0.5) is 22.7 Å². The summed E-state index contributed by atoms with van der Waals surface area (Å²) in [5, 5.41) is 0. The molecule has 0 spiro atoms. The Balaban J connectivity index is 0.00000380. The van der Waals surface area contributed by atoms with Crippen molar-refractivity contribution in [3.63, 3.8) is 0 Å². The van der Waals surface area contributed by atoms with Crippen molar-refractivity contribution in [3.8, 4) is 11.1 Å². The van der Waals surface area contributed by atoms with Crippen LogP contribution in [0.1, 0.15) is 11.1 Å². The third kappa shape index (κ3) is 7.01. The maximum atomic E-state index is 5.59. The van der Waals surface area contributed by atoms with Crippen molar-refractivity contribution >= 4 is 60.4 Å². The smallest absolute Gasteiger partial charge is 0.779 e. The molecule has 37 heavy (non-hydrogen) atoms. The number of hydrogen-bond acceptors (Lipinski definition) is 6. The molecule has 0 aliphatic rings. The summed E-state index contributed by atoms with van der Waals surface area (Å²) in [6.07, 6.45) is 3.67. The monoisotopic (exact) mass is 572 g/mol. The molecule has 7 heteroatoms. The average Bonchev–Trinajstić information content (AvgIpc) is 2.87.